The second kappa shape index (κ2) is 7.17. The van der Waals surface area contributed by atoms with E-state index in [1.54, 1.807) is 23.1 Å². The van der Waals surface area contributed by atoms with Crippen molar-refractivity contribution >= 4 is 39.7 Å². The highest BCUT2D eigenvalue weighted by atomic mass is 35.5. The van der Waals surface area contributed by atoms with Crippen LogP contribution in [-0.4, -0.2) is 19.8 Å². The summed E-state index contributed by atoms with van der Waals surface area (Å²) in [5.74, 6) is 2.28. The van der Waals surface area contributed by atoms with Crippen LogP contribution in [0.4, 0.5) is 0 Å². The van der Waals surface area contributed by atoms with Crippen LogP contribution in [0, 0.1) is 5.92 Å². The topological polar surface area (TPSA) is 70.7 Å². The normalized spacial score (nSPS) is 13.1. The van der Waals surface area contributed by atoms with Gasteiger partial charge in [-0.1, -0.05) is 60.7 Å². The molecule has 0 aliphatic heterocycles. The third-order valence-electron chi connectivity index (χ3n) is 3.39. The summed E-state index contributed by atoms with van der Waals surface area (Å²) in [6.45, 7) is 4.37. The lowest BCUT2D eigenvalue weighted by Gasteiger charge is -2.07. The number of quaternary nitrogens is 1. The molecule has 0 radical (unpaired) electrons. The number of nitrogens with zero attached hydrogens (tertiary/aromatic N) is 4. The minimum absolute atomic E-state index is 0.112. The van der Waals surface area contributed by atoms with Gasteiger partial charge in [0.1, 0.15) is 6.04 Å². The number of rotatable bonds is 6. The molecule has 8 heteroatoms. The van der Waals surface area contributed by atoms with Gasteiger partial charge in [0.15, 0.2) is 4.34 Å². The van der Waals surface area contributed by atoms with Crippen LogP contribution in [0.3, 0.4) is 0 Å². The van der Waals surface area contributed by atoms with Crippen LogP contribution in [-0.2, 0) is 5.75 Å². The van der Waals surface area contributed by atoms with Gasteiger partial charge >= 0.3 is 0 Å². The van der Waals surface area contributed by atoms with Crippen LogP contribution in [0.2, 0.25) is 5.02 Å². The summed E-state index contributed by atoms with van der Waals surface area (Å²) in [7, 11) is 0. The van der Waals surface area contributed by atoms with Gasteiger partial charge in [0.25, 0.3) is 0 Å². The Morgan fingerprint density at radius 2 is 2.00 bits per heavy atom. The summed E-state index contributed by atoms with van der Waals surface area (Å²) in [5.41, 5.74) is 5.43. The predicted molar refractivity (Wildman–Crippen MR) is 94.8 cm³/mol. The van der Waals surface area contributed by atoms with Gasteiger partial charge in [0.2, 0.25) is 10.8 Å². The molecule has 0 spiro atoms. The molecule has 3 aromatic rings. The molecule has 1 aromatic carbocycles. The van der Waals surface area contributed by atoms with Crippen molar-refractivity contribution in [3.63, 3.8) is 0 Å². The predicted octanol–water partition coefficient (Wildman–Crippen LogP) is 3.46. The molecule has 1 atom stereocenters. The number of thioether (sulfide) groups is 1. The molecule has 0 saturated carbocycles. The third kappa shape index (κ3) is 4.03. The Kier molecular flexibility index (Phi) is 5.21. The van der Waals surface area contributed by atoms with Crippen molar-refractivity contribution in [3.8, 4) is 0 Å². The van der Waals surface area contributed by atoms with Gasteiger partial charge in [0, 0.05) is 17.2 Å². The van der Waals surface area contributed by atoms with E-state index in [-0.39, 0.29) is 6.04 Å². The van der Waals surface area contributed by atoms with Crippen LogP contribution >= 0.6 is 34.7 Å². The quantitative estimate of drug-likeness (QED) is 0.676. The molecular weight excluding hydrogens is 350 g/mol. The monoisotopic (exact) mass is 368 g/mol. The first kappa shape index (κ1) is 16.7. The summed E-state index contributed by atoms with van der Waals surface area (Å²) in [6.07, 6.45) is 0.978. The standard InChI is InChI=1S/C15H18ClN5S2/c1-9(2)7-12(17)13-18-19-14-21(13)20-15(23-14)22-8-10-3-5-11(16)6-4-10/h3-6,9,12H,7-8,17H2,1-2H3/p+1/t12-/m0/s1. The van der Waals surface area contributed by atoms with Crippen molar-refractivity contribution in [2.45, 2.75) is 36.4 Å². The maximum absolute atomic E-state index is 5.91. The van der Waals surface area contributed by atoms with Crippen molar-refractivity contribution in [1.29, 1.82) is 0 Å². The Hall–Kier alpha value is -1.15. The van der Waals surface area contributed by atoms with E-state index in [9.17, 15) is 0 Å². The van der Waals surface area contributed by atoms with Crippen molar-refractivity contribution < 1.29 is 5.73 Å². The summed E-state index contributed by atoms with van der Waals surface area (Å²) in [4.78, 5) is 0.830. The first-order valence-corrected chi connectivity index (χ1v) is 9.63. The maximum atomic E-state index is 5.91. The lowest BCUT2D eigenvalue weighted by Crippen LogP contribution is -2.54. The maximum Gasteiger partial charge on any atom is 0.235 e. The zero-order chi connectivity index (χ0) is 16.4. The van der Waals surface area contributed by atoms with Crippen molar-refractivity contribution in [3.05, 3.63) is 40.7 Å². The molecule has 3 N–H and O–H groups in total. The highest BCUT2D eigenvalue weighted by Crippen LogP contribution is 2.29. The fourth-order valence-electron chi connectivity index (χ4n) is 2.33. The van der Waals surface area contributed by atoms with Gasteiger partial charge in [-0.3, -0.25) is 0 Å². The first-order chi connectivity index (χ1) is 11.0. The smallest absolute Gasteiger partial charge is 0.235 e. The van der Waals surface area contributed by atoms with Crippen LogP contribution < -0.4 is 5.73 Å². The SMILES string of the molecule is CC(C)C[C@H]([NH3+])c1nnc2sc(SCc3ccc(Cl)cc3)nn12. The largest absolute Gasteiger partial charge is 0.349 e. The molecule has 0 aliphatic rings. The third-order valence-corrected chi connectivity index (χ3v) is 5.75. The number of fused-ring (bicyclic) bond motifs is 1. The van der Waals surface area contributed by atoms with Crippen molar-refractivity contribution in [2.24, 2.45) is 5.92 Å². The molecule has 2 aromatic heterocycles. The molecule has 5 nitrogen and oxygen atoms in total. The van der Waals surface area contributed by atoms with Gasteiger partial charge in [0.05, 0.1) is 0 Å². The minimum Gasteiger partial charge on any atom is -0.349 e. The Balaban J connectivity index is 1.73. The molecule has 0 amide bonds. The lowest BCUT2D eigenvalue weighted by atomic mass is 10.0. The van der Waals surface area contributed by atoms with E-state index < -0.39 is 0 Å². The van der Waals surface area contributed by atoms with Crippen molar-refractivity contribution in [1.82, 2.24) is 19.8 Å². The molecule has 0 fully saturated rings. The van der Waals surface area contributed by atoms with E-state index in [1.165, 1.54) is 5.56 Å². The fourth-order valence-corrected chi connectivity index (χ4v) is 4.29. The van der Waals surface area contributed by atoms with Crippen LogP contribution in [0.5, 0.6) is 0 Å². The second-order valence-corrected chi connectivity index (χ2v) is 8.48. The fraction of sp³-hybridized carbons (Fsp3) is 0.400. The van der Waals surface area contributed by atoms with E-state index in [2.05, 4.69) is 34.9 Å². The molecule has 2 heterocycles. The number of hydrogen-bond acceptors (Lipinski definition) is 5. The Bertz CT molecular complexity index is 781. The van der Waals surface area contributed by atoms with E-state index in [0.29, 0.717) is 5.92 Å². The lowest BCUT2D eigenvalue weighted by molar-refractivity contribution is -0.432. The Morgan fingerprint density at radius 1 is 1.26 bits per heavy atom. The van der Waals surface area contributed by atoms with E-state index >= 15 is 0 Å². The molecule has 122 valence electrons. The number of benzene rings is 1. The molecular formula is C15H19ClN5S2+. The average Bonchev–Trinajstić information content (AvgIpc) is 3.05. The molecule has 3 rings (SSSR count). The number of hydrogen-bond donors (Lipinski definition) is 1. The molecule has 23 heavy (non-hydrogen) atoms. The van der Waals surface area contributed by atoms with Crippen LogP contribution in [0.1, 0.15) is 37.7 Å². The summed E-state index contributed by atoms with van der Waals surface area (Å²) < 4.78 is 2.83. The van der Waals surface area contributed by atoms with Gasteiger partial charge < -0.3 is 5.73 Å². The minimum atomic E-state index is 0.112. The molecule has 0 bridgehead atoms. The highest BCUT2D eigenvalue weighted by molar-refractivity contribution is 8.00. The van der Waals surface area contributed by atoms with Crippen LogP contribution in [0.15, 0.2) is 28.6 Å². The average molecular weight is 369 g/mol. The van der Waals surface area contributed by atoms with Gasteiger partial charge in [-0.15, -0.1) is 15.3 Å². The summed E-state index contributed by atoms with van der Waals surface area (Å²) in [6, 6.07) is 8.01. The molecule has 0 unspecified atom stereocenters. The van der Waals surface area contributed by atoms with Gasteiger partial charge in [-0.05, 0) is 23.6 Å². The highest BCUT2D eigenvalue weighted by Gasteiger charge is 2.21. The van der Waals surface area contributed by atoms with E-state index in [0.717, 1.165) is 32.3 Å². The first-order valence-electron chi connectivity index (χ1n) is 7.45. The molecule has 0 aliphatic carbocycles. The van der Waals surface area contributed by atoms with Gasteiger partial charge in [-0.25, -0.2) is 0 Å². The van der Waals surface area contributed by atoms with E-state index in [1.807, 2.05) is 28.8 Å². The zero-order valence-corrected chi connectivity index (χ0v) is 15.5. The zero-order valence-electron chi connectivity index (χ0n) is 13.1. The van der Waals surface area contributed by atoms with Crippen molar-refractivity contribution in [2.75, 3.05) is 0 Å². The molecule has 0 saturated heterocycles. The van der Waals surface area contributed by atoms with Gasteiger partial charge in [-0.2, -0.15) is 4.52 Å². The summed E-state index contributed by atoms with van der Waals surface area (Å²) in [5, 5.41) is 13.9. The Labute approximate surface area is 148 Å². The number of aromatic nitrogens is 4. The Morgan fingerprint density at radius 3 is 2.70 bits per heavy atom. The number of halogens is 1. The summed E-state index contributed by atoms with van der Waals surface area (Å²) >= 11 is 9.17. The van der Waals surface area contributed by atoms with Crippen LogP contribution in [0.25, 0.3) is 4.96 Å². The second-order valence-electron chi connectivity index (χ2n) is 5.86. The van der Waals surface area contributed by atoms with E-state index in [4.69, 9.17) is 11.6 Å².